The predicted octanol–water partition coefficient (Wildman–Crippen LogP) is 1.18. The highest BCUT2D eigenvalue weighted by atomic mass is 32.1. The number of esters is 1. The van der Waals surface area contributed by atoms with Gasteiger partial charge in [0.1, 0.15) is 18.3 Å². The van der Waals surface area contributed by atoms with Gasteiger partial charge in [-0.25, -0.2) is 9.40 Å². The number of carbonyl (C=O) groups excluding carboxylic acids is 2. The van der Waals surface area contributed by atoms with Gasteiger partial charge in [0.05, 0.1) is 32.4 Å². The van der Waals surface area contributed by atoms with Crippen molar-refractivity contribution in [2.24, 2.45) is 5.10 Å². The molecule has 0 aromatic heterocycles. The maximum absolute atomic E-state index is 14.9. The SMILES string of the molecule is C=C1O[C@@H](CNC(=S)OC)CN1c1ccc(N2C=NN(C(=O)COC(C)=O)CC2)c(F)c1. The van der Waals surface area contributed by atoms with Crippen LogP contribution in [0, 0.1) is 5.82 Å². The number of rotatable bonds is 6. The minimum absolute atomic E-state index is 0.219. The van der Waals surface area contributed by atoms with Crippen LogP contribution in [0.1, 0.15) is 6.92 Å². The number of methoxy groups -OCH3 is 1. The van der Waals surface area contributed by atoms with Crippen LogP contribution in [0.4, 0.5) is 15.8 Å². The van der Waals surface area contributed by atoms with Crippen LogP contribution in [0.2, 0.25) is 0 Å². The van der Waals surface area contributed by atoms with E-state index in [1.807, 2.05) is 0 Å². The summed E-state index contributed by atoms with van der Waals surface area (Å²) in [7, 11) is 1.48. The molecule has 0 radical (unpaired) electrons. The smallest absolute Gasteiger partial charge is 0.303 e. The van der Waals surface area contributed by atoms with Crippen LogP contribution < -0.4 is 15.1 Å². The Labute approximate surface area is 190 Å². The van der Waals surface area contributed by atoms with E-state index in [4.69, 9.17) is 21.7 Å². The van der Waals surface area contributed by atoms with Gasteiger partial charge in [0.25, 0.3) is 11.1 Å². The predicted molar refractivity (Wildman–Crippen MR) is 120 cm³/mol. The average molecular weight is 466 g/mol. The fourth-order valence-corrected chi connectivity index (χ4v) is 3.26. The first kappa shape index (κ1) is 23.3. The van der Waals surface area contributed by atoms with Crippen molar-refractivity contribution in [3.8, 4) is 0 Å². The Morgan fingerprint density at radius 3 is 2.81 bits per heavy atom. The van der Waals surface area contributed by atoms with Crippen molar-refractivity contribution in [2.45, 2.75) is 13.0 Å². The highest BCUT2D eigenvalue weighted by Gasteiger charge is 2.29. The molecule has 0 bridgehead atoms. The Bertz CT molecular complexity index is 943. The third-order valence-corrected chi connectivity index (χ3v) is 5.08. The van der Waals surface area contributed by atoms with E-state index < -0.39 is 17.7 Å². The number of nitrogens with zero attached hydrogens (tertiary/aromatic N) is 4. The number of hydrazone groups is 1. The van der Waals surface area contributed by atoms with Gasteiger partial charge in [-0.15, -0.1) is 0 Å². The van der Waals surface area contributed by atoms with Crippen molar-refractivity contribution >= 4 is 47.0 Å². The lowest BCUT2D eigenvalue weighted by molar-refractivity contribution is -0.150. The molecule has 3 rings (SSSR count). The highest BCUT2D eigenvalue weighted by Crippen LogP contribution is 2.30. The summed E-state index contributed by atoms with van der Waals surface area (Å²) < 4.78 is 30.2. The third-order valence-electron chi connectivity index (χ3n) is 4.77. The first-order valence-corrected chi connectivity index (χ1v) is 10.2. The van der Waals surface area contributed by atoms with Crippen molar-refractivity contribution in [1.82, 2.24) is 10.3 Å². The van der Waals surface area contributed by atoms with Crippen molar-refractivity contribution in [2.75, 3.05) is 49.7 Å². The lowest BCUT2D eigenvalue weighted by Crippen LogP contribution is -2.42. The van der Waals surface area contributed by atoms with E-state index in [0.717, 1.165) is 0 Å². The average Bonchev–Trinajstić information content (AvgIpc) is 3.16. The molecule has 0 aliphatic carbocycles. The summed E-state index contributed by atoms with van der Waals surface area (Å²) in [5.41, 5.74) is 0.916. The first-order valence-electron chi connectivity index (χ1n) is 9.77. The molecule has 0 spiro atoms. The fourth-order valence-electron chi connectivity index (χ4n) is 3.17. The Kier molecular flexibility index (Phi) is 7.46. The maximum Gasteiger partial charge on any atom is 0.303 e. The summed E-state index contributed by atoms with van der Waals surface area (Å²) in [6.45, 7) is 6.19. The van der Waals surface area contributed by atoms with Gasteiger partial charge in [-0.1, -0.05) is 0 Å². The molecule has 0 saturated carbocycles. The largest absolute Gasteiger partial charge is 0.474 e. The summed E-state index contributed by atoms with van der Waals surface area (Å²) >= 11 is 4.95. The molecule has 2 aliphatic heterocycles. The number of thiocarbonyl (C=S) groups is 1. The van der Waals surface area contributed by atoms with Crippen LogP contribution in [-0.2, 0) is 23.8 Å². The third kappa shape index (κ3) is 5.63. The second-order valence-corrected chi connectivity index (χ2v) is 7.34. The number of ether oxygens (including phenoxy) is 3. The van der Waals surface area contributed by atoms with E-state index in [9.17, 15) is 14.0 Å². The van der Waals surface area contributed by atoms with Gasteiger partial charge in [-0.05, 0) is 37.0 Å². The van der Waals surface area contributed by atoms with Gasteiger partial charge in [0.2, 0.25) is 0 Å². The van der Waals surface area contributed by atoms with Gasteiger partial charge in [-0.3, -0.25) is 9.59 Å². The molecule has 1 amide bonds. The Balaban J connectivity index is 1.61. The molecular weight excluding hydrogens is 441 g/mol. The number of amides is 1. The molecule has 1 saturated heterocycles. The molecule has 10 nitrogen and oxygen atoms in total. The van der Waals surface area contributed by atoms with E-state index in [1.54, 1.807) is 21.9 Å². The Morgan fingerprint density at radius 2 is 2.19 bits per heavy atom. The summed E-state index contributed by atoms with van der Waals surface area (Å²) in [5, 5.41) is 8.40. The molecule has 1 aromatic rings. The molecular formula is C20H24FN5O5S. The quantitative estimate of drug-likeness (QED) is 0.491. The molecule has 2 heterocycles. The van der Waals surface area contributed by atoms with E-state index in [2.05, 4.69) is 21.7 Å². The summed E-state index contributed by atoms with van der Waals surface area (Å²) in [6, 6.07) is 4.78. The monoisotopic (exact) mass is 465 g/mol. The van der Waals surface area contributed by atoms with Crippen LogP contribution in [0.15, 0.2) is 35.8 Å². The molecule has 1 aromatic carbocycles. The standard InChI is InChI=1S/C20H24FN5O5S/c1-13-25(10-16(31-13)9-22-20(32)29-3)15-4-5-18(17(21)8-15)24-6-7-26(23-12-24)19(28)11-30-14(2)27/h4-5,8,12,16H,1,6-7,9-11H2,2-3H3,(H,22,32)/t16-/m0/s1. The van der Waals surface area contributed by atoms with Crippen molar-refractivity contribution < 1.29 is 28.2 Å². The van der Waals surface area contributed by atoms with Crippen molar-refractivity contribution in [1.29, 1.82) is 0 Å². The zero-order chi connectivity index (χ0) is 23.3. The maximum atomic E-state index is 14.9. The number of benzene rings is 1. The van der Waals surface area contributed by atoms with Crippen molar-refractivity contribution in [3.05, 3.63) is 36.5 Å². The Hall–Kier alpha value is -3.41. The number of hydrogen-bond donors (Lipinski definition) is 1. The zero-order valence-electron chi connectivity index (χ0n) is 17.7. The van der Waals surface area contributed by atoms with Crippen LogP contribution in [0.3, 0.4) is 0 Å². The molecule has 1 N–H and O–H groups in total. The topological polar surface area (TPSA) is 95.9 Å². The summed E-state index contributed by atoms with van der Waals surface area (Å²) in [4.78, 5) is 26.2. The molecule has 12 heteroatoms. The minimum atomic E-state index is -0.546. The zero-order valence-corrected chi connectivity index (χ0v) is 18.6. The van der Waals surface area contributed by atoms with Crippen LogP contribution in [-0.4, -0.2) is 74.4 Å². The minimum Gasteiger partial charge on any atom is -0.474 e. The summed E-state index contributed by atoms with van der Waals surface area (Å²) in [5.74, 6) is -1.04. The van der Waals surface area contributed by atoms with Crippen LogP contribution in [0.25, 0.3) is 0 Å². The second kappa shape index (κ2) is 10.3. The van der Waals surface area contributed by atoms with E-state index >= 15 is 0 Å². The highest BCUT2D eigenvalue weighted by molar-refractivity contribution is 7.80. The van der Waals surface area contributed by atoms with Crippen LogP contribution in [0.5, 0.6) is 0 Å². The normalized spacial score (nSPS) is 17.8. The van der Waals surface area contributed by atoms with Crippen molar-refractivity contribution in [3.63, 3.8) is 0 Å². The number of carbonyl (C=O) groups is 2. The number of halogens is 1. The van der Waals surface area contributed by atoms with E-state index in [1.165, 1.54) is 31.4 Å². The van der Waals surface area contributed by atoms with Gasteiger partial charge in [0, 0.05) is 19.2 Å². The van der Waals surface area contributed by atoms with Gasteiger partial charge in [0.15, 0.2) is 12.5 Å². The molecule has 32 heavy (non-hydrogen) atoms. The Morgan fingerprint density at radius 1 is 1.41 bits per heavy atom. The second-order valence-electron chi connectivity index (χ2n) is 6.97. The lowest BCUT2D eigenvalue weighted by Gasteiger charge is -2.29. The number of anilines is 2. The summed E-state index contributed by atoms with van der Waals surface area (Å²) in [6.07, 6.45) is 1.15. The molecule has 1 atom stereocenters. The molecule has 1 fully saturated rings. The molecule has 2 aliphatic rings. The van der Waals surface area contributed by atoms with E-state index in [0.29, 0.717) is 36.9 Å². The van der Waals surface area contributed by atoms with Crippen LogP contribution >= 0.6 is 12.2 Å². The fraction of sp³-hybridized carbons (Fsp3) is 0.400. The van der Waals surface area contributed by atoms with E-state index in [-0.39, 0.29) is 24.4 Å². The molecule has 172 valence electrons. The van der Waals surface area contributed by atoms with Gasteiger partial charge >= 0.3 is 5.97 Å². The number of hydrogen-bond acceptors (Lipinski definition) is 9. The first-order chi connectivity index (χ1) is 15.3. The number of nitrogens with one attached hydrogen (secondary N) is 1. The lowest BCUT2D eigenvalue weighted by atomic mass is 10.2. The van der Waals surface area contributed by atoms with Gasteiger partial charge < -0.3 is 29.3 Å². The van der Waals surface area contributed by atoms with Gasteiger partial charge in [-0.2, -0.15) is 5.10 Å². The molecule has 0 unspecified atom stereocenters.